The Morgan fingerprint density at radius 3 is 2.75 bits per heavy atom. The van der Waals surface area contributed by atoms with Crippen LogP contribution in [-0.4, -0.2) is 9.97 Å². The molecular weight excluding hydrogens is 157 g/mol. The first-order valence-electron chi connectivity index (χ1n) is 3.86. The van der Waals surface area contributed by atoms with E-state index in [1.807, 2.05) is 13.8 Å². The Balaban J connectivity index is 3.08. The van der Waals surface area contributed by atoms with Crippen LogP contribution in [0.3, 0.4) is 0 Å². The van der Waals surface area contributed by atoms with Gasteiger partial charge < -0.3 is 5.73 Å². The van der Waals surface area contributed by atoms with E-state index in [1.54, 1.807) is 0 Å². The summed E-state index contributed by atoms with van der Waals surface area (Å²) in [6, 6.07) is 0. The topological polar surface area (TPSA) is 51.8 Å². The number of hydrogen-bond acceptors (Lipinski definition) is 3. The van der Waals surface area contributed by atoms with Gasteiger partial charge in [-0.3, -0.25) is 0 Å². The maximum absolute atomic E-state index is 13.0. The molecule has 1 aromatic heterocycles. The van der Waals surface area contributed by atoms with Gasteiger partial charge in [-0.2, -0.15) is 0 Å². The van der Waals surface area contributed by atoms with Crippen LogP contribution in [0, 0.1) is 5.82 Å². The van der Waals surface area contributed by atoms with Gasteiger partial charge in [-0.1, -0.05) is 13.8 Å². The molecule has 0 unspecified atom stereocenters. The van der Waals surface area contributed by atoms with Gasteiger partial charge in [0.25, 0.3) is 0 Å². The smallest absolute Gasteiger partial charge is 0.163 e. The van der Waals surface area contributed by atoms with Crippen LogP contribution < -0.4 is 5.73 Å². The molecule has 66 valence electrons. The Hall–Kier alpha value is -1.03. The SMILES string of the molecule is CC(C)c1nc(CN)ncc1F. The molecule has 1 heterocycles. The molecule has 12 heavy (non-hydrogen) atoms. The summed E-state index contributed by atoms with van der Waals surface area (Å²) in [5.74, 6) is 0.195. The maximum atomic E-state index is 13.0. The fourth-order valence-electron chi connectivity index (χ4n) is 0.922. The molecule has 1 aromatic rings. The molecule has 2 N–H and O–H groups in total. The van der Waals surface area contributed by atoms with Crippen molar-refractivity contribution in [2.75, 3.05) is 0 Å². The van der Waals surface area contributed by atoms with Crippen LogP contribution in [0.1, 0.15) is 31.3 Å². The number of nitrogens with zero attached hydrogens (tertiary/aromatic N) is 2. The molecule has 0 aliphatic heterocycles. The minimum atomic E-state index is -0.359. The Kier molecular flexibility index (Phi) is 2.70. The molecule has 0 aromatic carbocycles. The number of halogens is 1. The molecular formula is C8H12FN3. The Morgan fingerprint density at radius 1 is 1.58 bits per heavy atom. The Bertz CT molecular complexity index is 273. The quantitative estimate of drug-likeness (QED) is 0.723. The predicted octanol–water partition coefficient (Wildman–Crippen LogP) is 1.20. The summed E-state index contributed by atoms with van der Waals surface area (Å²) in [6.07, 6.45) is 1.17. The summed E-state index contributed by atoms with van der Waals surface area (Å²) < 4.78 is 13.0. The van der Waals surface area contributed by atoms with Crippen molar-refractivity contribution in [2.45, 2.75) is 26.3 Å². The van der Waals surface area contributed by atoms with Crippen molar-refractivity contribution in [3.8, 4) is 0 Å². The highest BCUT2D eigenvalue weighted by molar-refractivity contribution is 5.09. The van der Waals surface area contributed by atoms with Crippen LogP contribution in [-0.2, 0) is 6.54 Å². The van der Waals surface area contributed by atoms with Crippen LogP contribution in [0.15, 0.2) is 6.20 Å². The Morgan fingerprint density at radius 2 is 2.25 bits per heavy atom. The van der Waals surface area contributed by atoms with Gasteiger partial charge in [-0.15, -0.1) is 0 Å². The first-order valence-corrected chi connectivity index (χ1v) is 3.86. The van der Waals surface area contributed by atoms with Crippen molar-refractivity contribution in [3.63, 3.8) is 0 Å². The average Bonchev–Trinajstić information content (AvgIpc) is 2.05. The molecule has 0 saturated heterocycles. The van der Waals surface area contributed by atoms with Crippen molar-refractivity contribution in [2.24, 2.45) is 5.73 Å². The van der Waals surface area contributed by atoms with Crippen LogP contribution in [0.2, 0.25) is 0 Å². The second-order valence-corrected chi connectivity index (χ2v) is 2.88. The van der Waals surface area contributed by atoms with E-state index in [4.69, 9.17) is 5.73 Å². The highest BCUT2D eigenvalue weighted by atomic mass is 19.1. The number of aromatic nitrogens is 2. The van der Waals surface area contributed by atoms with E-state index in [-0.39, 0.29) is 18.3 Å². The van der Waals surface area contributed by atoms with Gasteiger partial charge in [0, 0.05) is 0 Å². The van der Waals surface area contributed by atoms with E-state index >= 15 is 0 Å². The summed E-state index contributed by atoms with van der Waals surface area (Å²) in [5.41, 5.74) is 5.76. The van der Waals surface area contributed by atoms with Crippen LogP contribution >= 0.6 is 0 Å². The molecule has 1 rings (SSSR count). The predicted molar refractivity (Wildman–Crippen MR) is 44.0 cm³/mol. The second-order valence-electron chi connectivity index (χ2n) is 2.88. The average molecular weight is 169 g/mol. The summed E-state index contributed by atoms with van der Waals surface area (Å²) in [6.45, 7) is 4.01. The molecule has 0 fully saturated rings. The first kappa shape index (κ1) is 9.06. The third kappa shape index (κ3) is 1.76. The summed E-state index contributed by atoms with van der Waals surface area (Å²) in [7, 11) is 0. The van der Waals surface area contributed by atoms with Gasteiger partial charge in [-0.05, 0) is 5.92 Å². The minimum absolute atomic E-state index is 0.0679. The van der Waals surface area contributed by atoms with E-state index in [2.05, 4.69) is 9.97 Å². The van der Waals surface area contributed by atoms with Gasteiger partial charge in [0.2, 0.25) is 0 Å². The lowest BCUT2D eigenvalue weighted by Crippen LogP contribution is -2.07. The van der Waals surface area contributed by atoms with E-state index in [9.17, 15) is 4.39 Å². The second kappa shape index (κ2) is 3.58. The van der Waals surface area contributed by atoms with E-state index in [0.717, 1.165) is 0 Å². The van der Waals surface area contributed by atoms with Gasteiger partial charge in [0.15, 0.2) is 5.82 Å². The largest absolute Gasteiger partial charge is 0.324 e. The summed E-state index contributed by atoms with van der Waals surface area (Å²) in [5, 5.41) is 0. The standard InChI is InChI=1S/C8H12FN3/c1-5(2)8-6(9)4-11-7(3-10)12-8/h4-5H,3,10H2,1-2H3. The zero-order valence-corrected chi connectivity index (χ0v) is 7.21. The van der Waals surface area contributed by atoms with Gasteiger partial charge in [0.05, 0.1) is 18.4 Å². The van der Waals surface area contributed by atoms with E-state index < -0.39 is 0 Å². The fourth-order valence-corrected chi connectivity index (χ4v) is 0.922. The molecule has 4 heteroatoms. The zero-order chi connectivity index (χ0) is 9.14. The van der Waals surface area contributed by atoms with Crippen LogP contribution in [0.4, 0.5) is 4.39 Å². The van der Waals surface area contributed by atoms with Crippen LogP contribution in [0.5, 0.6) is 0 Å². The van der Waals surface area contributed by atoms with Crippen molar-refractivity contribution >= 4 is 0 Å². The fraction of sp³-hybridized carbons (Fsp3) is 0.500. The minimum Gasteiger partial charge on any atom is -0.324 e. The molecule has 0 aliphatic carbocycles. The molecule has 3 nitrogen and oxygen atoms in total. The van der Waals surface area contributed by atoms with E-state index in [1.165, 1.54) is 6.20 Å². The third-order valence-electron chi connectivity index (χ3n) is 1.55. The number of nitrogens with two attached hydrogens (primary N) is 1. The van der Waals surface area contributed by atoms with Gasteiger partial charge in [-0.25, -0.2) is 14.4 Å². The first-order chi connectivity index (χ1) is 5.65. The van der Waals surface area contributed by atoms with Gasteiger partial charge >= 0.3 is 0 Å². The molecule has 0 atom stereocenters. The molecule has 0 saturated carbocycles. The lowest BCUT2D eigenvalue weighted by molar-refractivity contribution is 0.570. The molecule has 0 spiro atoms. The normalized spacial score (nSPS) is 10.8. The molecule has 0 bridgehead atoms. The monoisotopic (exact) mass is 169 g/mol. The lowest BCUT2D eigenvalue weighted by atomic mass is 10.1. The van der Waals surface area contributed by atoms with Crippen LogP contribution in [0.25, 0.3) is 0 Å². The summed E-state index contributed by atoms with van der Waals surface area (Å²) in [4.78, 5) is 7.71. The highest BCUT2D eigenvalue weighted by Gasteiger charge is 2.09. The van der Waals surface area contributed by atoms with Gasteiger partial charge in [0.1, 0.15) is 5.82 Å². The number of hydrogen-bond donors (Lipinski definition) is 1. The Labute approximate surface area is 70.8 Å². The lowest BCUT2D eigenvalue weighted by Gasteiger charge is -2.06. The maximum Gasteiger partial charge on any atom is 0.163 e. The highest BCUT2D eigenvalue weighted by Crippen LogP contribution is 2.14. The van der Waals surface area contributed by atoms with Crippen molar-refractivity contribution in [1.82, 2.24) is 9.97 Å². The third-order valence-corrected chi connectivity index (χ3v) is 1.55. The molecule has 0 aliphatic rings. The van der Waals surface area contributed by atoms with Crippen molar-refractivity contribution in [3.05, 3.63) is 23.5 Å². The summed E-state index contributed by atoms with van der Waals surface area (Å²) >= 11 is 0. The zero-order valence-electron chi connectivity index (χ0n) is 7.21. The molecule has 0 amide bonds. The number of rotatable bonds is 2. The van der Waals surface area contributed by atoms with Crippen molar-refractivity contribution in [1.29, 1.82) is 0 Å². The van der Waals surface area contributed by atoms with Crippen molar-refractivity contribution < 1.29 is 4.39 Å². The molecule has 0 radical (unpaired) electrons. The van der Waals surface area contributed by atoms with E-state index in [0.29, 0.717) is 11.5 Å².